The SMILES string of the molecule is Cc1c(-c2ccc3c(c2)c2ccccc2n3-c2ccccc2)cccc1N(c1ccc(-c2ccc3c(c2)-c2ccccc2C3(C)C)cc1)c1ccc(-c2cccc3c2ccc2ccccc23)cc1. The van der Waals surface area contributed by atoms with Gasteiger partial charge >= 0.3 is 0 Å². The second kappa shape index (κ2) is 15.6. The van der Waals surface area contributed by atoms with E-state index in [9.17, 15) is 0 Å². The zero-order valence-corrected chi connectivity index (χ0v) is 38.4. The van der Waals surface area contributed by atoms with Gasteiger partial charge in [-0.1, -0.05) is 184 Å². The molecule has 0 N–H and O–H groups in total. The van der Waals surface area contributed by atoms with Crippen molar-refractivity contribution < 1.29 is 0 Å². The molecule has 11 aromatic carbocycles. The highest BCUT2D eigenvalue weighted by Crippen LogP contribution is 2.50. The fourth-order valence-corrected chi connectivity index (χ4v) is 11.4. The average molecular weight is 869 g/mol. The Hall–Kier alpha value is -8.46. The average Bonchev–Trinajstić information content (AvgIpc) is 3.84. The van der Waals surface area contributed by atoms with Crippen molar-refractivity contribution in [3.8, 4) is 50.2 Å². The largest absolute Gasteiger partial charge is 0.310 e. The second-order valence-electron chi connectivity index (χ2n) is 18.9. The van der Waals surface area contributed by atoms with E-state index in [-0.39, 0.29) is 5.41 Å². The van der Waals surface area contributed by atoms with E-state index in [0.717, 1.165) is 22.7 Å². The molecule has 322 valence electrons. The molecule has 0 saturated heterocycles. The Balaban J connectivity index is 0.931. The van der Waals surface area contributed by atoms with Gasteiger partial charge in [-0.15, -0.1) is 0 Å². The number of hydrogen-bond donors (Lipinski definition) is 0. The van der Waals surface area contributed by atoms with Crippen LogP contribution in [0.2, 0.25) is 0 Å². The first-order chi connectivity index (χ1) is 33.4. The molecule has 1 aromatic heterocycles. The third kappa shape index (κ3) is 6.25. The highest BCUT2D eigenvalue weighted by Gasteiger charge is 2.35. The number of aromatic nitrogens is 1. The van der Waals surface area contributed by atoms with Crippen LogP contribution in [0.3, 0.4) is 0 Å². The monoisotopic (exact) mass is 868 g/mol. The molecule has 12 aromatic rings. The number of nitrogens with zero attached hydrogens (tertiary/aromatic N) is 2. The van der Waals surface area contributed by atoms with Crippen molar-refractivity contribution in [2.45, 2.75) is 26.2 Å². The maximum atomic E-state index is 2.43. The summed E-state index contributed by atoms with van der Waals surface area (Å²) in [7, 11) is 0. The summed E-state index contributed by atoms with van der Waals surface area (Å²) < 4.78 is 2.38. The lowest BCUT2D eigenvalue weighted by atomic mass is 9.82. The molecule has 1 heterocycles. The minimum Gasteiger partial charge on any atom is -0.310 e. The summed E-state index contributed by atoms with van der Waals surface area (Å²) in [6.07, 6.45) is 0. The van der Waals surface area contributed by atoms with Crippen molar-refractivity contribution in [3.05, 3.63) is 253 Å². The molecule has 0 saturated carbocycles. The molecule has 13 rings (SSSR count). The predicted octanol–water partition coefficient (Wildman–Crippen LogP) is 18.2. The van der Waals surface area contributed by atoms with Crippen LogP contribution in [-0.2, 0) is 5.41 Å². The number of anilines is 3. The smallest absolute Gasteiger partial charge is 0.0541 e. The molecule has 0 radical (unpaired) electrons. The quantitative estimate of drug-likeness (QED) is 0.145. The van der Waals surface area contributed by atoms with E-state index in [1.807, 2.05) is 0 Å². The molecule has 1 aliphatic carbocycles. The van der Waals surface area contributed by atoms with E-state index in [2.05, 4.69) is 267 Å². The van der Waals surface area contributed by atoms with E-state index in [4.69, 9.17) is 0 Å². The van der Waals surface area contributed by atoms with Crippen LogP contribution in [-0.4, -0.2) is 4.57 Å². The van der Waals surface area contributed by atoms with Crippen molar-refractivity contribution in [1.82, 2.24) is 4.57 Å². The van der Waals surface area contributed by atoms with Gasteiger partial charge in [-0.2, -0.15) is 0 Å². The van der Waals surface area contributed by atoms with Gasteiger partial charge in [-0.05, 0) is 156 Å². The van der Waals surface area contributed by atoms with Gasteiger partial charge in [0, 0.05) is 38.9 Å². The lowest BCUT2D eigenvalue weighted by Crippen LogP contribution is -2.14. The predicted molar refractivity (Wildman–Crippen MR) is 289 cm³/mol. The molecule has 0 aliphatic heterocycles. The molecule has 0 spiro atoms. The molecule has 2 nitrogen and oxygen atoms in total. The van der Waals surface area contributed by atoms with Crippen LogP contribution in [0.1, 0.15) is 30.5 Å². The van der Waals surface area contributed by atoms with E-state index < -0.39 is 0 Å². The first-order valence-electron chi connectivity index (χ1n) is 23.8. The molecule has 0 amide bonds. The van der Waals surface area contributed by atoms with Crippen LogP contribution in [0, 0.1) is 6.92 Å². The van der Waals surface area contributed by atoms with Crippen LogP contribution in [0.25, 0.3) is 93.5 Å². The zero-order valence-electron chi connectivity index (χ0n) is 38.4. The first-order valence-corrected chi connectivity index (χ1v) is 23.8. The van der Waals surface area contributed by atoms with E-state index >= 15 is 0 Å². The Bertz CT molecular complexity index is 3930. The highest BCUT2D eigenvalue weighted by molar-refractivity contribution is 6.13. The van der Waals surface area contributed by atoms with Crippen LogP contribution in [0.5, 0.6) is 0 Å². The maximum Gasteiger partial charge on any atom is 0.0541 e. The number of benzene rings is 11. The molecule has 0 fully saturated rings. The van der Waals surface area contributed by atoms with Gasteiger partial charge in [0.2, 0.25) is 0 Å². The van der Waals surface area contributed by atoms with E-state index in [1.165, 1.54) is 105 Å². The van der Waals surface area contributed by atoms with Crippen molar-refractivity contribution in [2.75, 3.05) is 4.90 Å². The number of para-hydroxylation sites is 2. The lowest BCUT2D eigenvalue weighted by molar-refractivity contribution is 0.660. The molecular formula is C66H48N2. The number of hydrogen-bond acceptors (Lipinski definition) is 1. The fourth-order valence-electron chi connectivity index (χ4n) is 11.4. The maximum absolute atomic E-state index is 2.43. The van der Waals surface area contributed by atoms with Gasteiger partial charge in [-0.25, -0.2) is 0 Å². The van der Waals surface area contributed by atoms with Gasteiger partial charge in [-0.3, -0.25) is 0 Å². The summed E-state index contributed by atoms with van der Waals surface area (Å²) in [5.74, 6) is 0. The molecule has 1 aliphatic rings. The summed E-state index contributed by atoms with van der Waals surface area (Å²) in [6.45, 7) is 6.97. The molecule has 0 bridgehead atoms. The molecule has 2 heteroatoms. The van der Waals surface area contributed by atoms with Gasteiger partial charge in [0.05, 0.1) is 11.0 Å². The Morgan fingerprint density at radius 2 is 0.956 bits per heavy atom. The minimum absolute atomic E-state index is 0.0223. The Morgan fingerprint density at radius 1 is 0.353 bits per heavy atom. The highest BCUT2D eigenvalue weighted by atomic mass is 15.1. The Kier molecular flexibility index (Phi) is 9.13. The molecule has 68 heavy (non-hydrogen) atoms. The van der Waals surface area contributed by atoms with Gasteiger partial charge in [0.1, 0.15) is 0 Å². The van der Waals surface area contributed by atoms with Crippen LogP contribution in [0.15, 0.2) is 237 Å². The van der Waals surface area contributed by atoms with Crippen LogP contribution in [0.4, 0.5) is 17.1 Å². The van der Waals surface area contributed by atoms with Crippen molar-refractivity contribution >= 4 is 60.4 Å². The van der Waals surface area contributed by atoms with Gasteiger partial charge in [0.25, 0.3) is 0 Å². The molecule has 0 atom stereocenters. The van der Waals surface area contributed by atoms with Gasteiger partial charge in [0.15, 0.2) is 0 Å². The third-order valence-electron chi connectivity index (χ3n) is 14.8. The summed E-state index contributed by atoms with van der Waals surface area (Å²) in [6, 6.07) is 87.4. The first kappa shape index (κ1) is 39.9. The molecular weight excluding hydrogens is 821 g/mol. The van der Waals surface area contributed by atoms with Crippen LogP contribution < -0.4 is 4.90 Å². The standard InChI is InChI=1S/C66H48N2/c1-43-52(48-33-40-65-60(42-48)58-20-10-12-25-64(58)68(65)49-16-5-4-6-17-49)21-14-26-63(43)67(51-36-29-46(30-37-51)54-22-13-23-55-53-18-8-7-15-45(53)31-38-56(54)55)50-34-27-44(28-35-50)47-32-39-62-59(41-47)57-19-9-11-24-61(57)66(62,2)3/h4-42H,1-3H3. The van der Waals surface area contributed by atoms with E-state index in [1.54, 1.807) is 0 Å². The van der Waals surface area contributed by atoms with Crippen molar-refractivity contribution in [2.24, 2.45) is 0 Å². The van der Waals surface area contributed by atoms with Gasteiger partial charge < -0.3 is 9.47 Å². The van der Waals surface area contributed by atoms with E-state index in [0.29, 0.717) is 0 Å². The summed E-state index contributed by atoms with van der Waals surface area (Å²) in [4.78, 5) is 2.43. The normalized spacial score (nSPS) is 12.8. The summed E-state index contributed by atoms with van der Waals surface area (Å²) >= 11 is 0. The lowest BCUT2D eigenvalue weighted by Gasteiger charge is -2.28. The minimum atomic E-state index is -0.0223. The third-order valence-corrected chi connectivity index (χ3v) is 14.8. The van der Waals surface area contributed by atoms with Crippen molar-refractivity contribution in [3.63, 3.8) is 0 Å². The van der Waals surface area contributed by atoms with Crippen LogP contribution >= 0.6 is 0 Å². The van der Waals surface area contributed by atoms with Crippen molar-refractivity contribution in [1.29, 1.82) is 0 Å². The molecule has 0 unspecified atom stereocenters. The summed E-state index contributed by atoms with van der Waals surface area (Å²) in [5, 5.41) is 7.57. The fraction of sp³-hybridized carbons (Fsp3) is 0.0606. The topological polar surface area (TPSA) is 8.17 Å². The zero-order chi connectivity index (χ0) is 45.5. The summed E-state index contributed by atoms with van der Waals surface area (Å²) in [5.41, 5.74) is 20.8. The number of rotatable bonds is 7. The Morgan fingerprint density at radius 3 is 1.78 bits per heavy atom. The number of fused-ring (bicyclic) bond motifs is 9. The Labute approximate surface area is 397 Å². The second-order valence-corrected chi connectivity index (χ2v) is 18.9.